The van der Waals surface area contributed by atoms with Crippen molar-refractivity contribution in [2.24, 2.45) is 0 Å². The number of amides is 1. The van der Waals surface area contributed by atoms with Crippen LogP contribution in [0, 0.1) is 0 Å². The Morgan fingerprint density at radius 3 is 2.34 bits per heavy atom. The van der Waals surface area contributed by atoms with Crippen molar-refractivity contribution in [1.29, 1.82) is 0 Å². The van der Waals surface area contributed by atoms with Gasteiger partial charge in [0.25, 0.3) is 0 Å². The lowest BCUT2D eigenvalue weighted by atomic mass is 9.70. The highest BCUT2D eigenvalue weighted by molar-refractivity contribution is 6.32. The van der Waals surface area contributed by atoms with Gasteiger partial charge >= 0.3 is 5.97 Å². The molecule has 234 valence electrons. The van der Waals surface area contributed by atoms with E-state index in [1.807, 2.05) is 75.4 Å². The van der Waals surface area contributed by atoms with Crippen molar-refractivity contribution in [3.63, 3.8) is 0 Å². The van der Waals surface area contributed by atoms with Gasteiger partial charge < -0.3 is 19.7 Å². The van der Waals surface area contributed by atoms with Crippen molar-refractivity contribution in [3.05, 3.63) is 95.0 Å². The summed E-state index contributed by atoms with van der Waals surface area (Å²) in [6.45, 7) is 9.49. The number of nitrogens with one attached hydrogen (secondary N) is 1. The first-order valence-corrected chi connectivity index (χ1v) is 16.1. The van der Waals surface area contributed by atoms with Crippen molar-refractivity contribution < 1.29 is 19.1 Å². The highest BCUT2D eigenvalue weighted by Gasteiger charge is 2.49. The molecule has 8 heteroatoms. The second kappa shape index (κ2) is 14.1. The van der Waals surface area contributed by atoms with Crippen molar-refractivity contribution in [2.45, 2.75) is 70.0 Å². The standard InChI is InChI=1S/C36H44ClN3O4/c1-4-43-34(42)35(2,3)39-23-19-36(20-24-39,28-12-6-5-7-13-28)33(41)40(29-17-21-38-22-18-29)26-27-11-10-14-30(25-27)44-32-16-9-8-15-31(32)37/h5-16,25,29,38H,4,17-24,26H2,1-3H3. The fourth-order valence-corrected chi connectivity index (χ4v) is 6.76. The summed E-state index contributed by atoms with van der Waals surface area (Å²) in [5, 5.41) is 4.01. The van der Waals surface area contributed by atoms with Crippen LogP contribution in [0.3, 0.4) is 0 Å². The third-order valence-electron chi connectivity index (χ3n) is 9.24. The summed E-state index contributed by atoms with van der Waals surface area (Å²) >= 11 is 6.36. The molecule has 0 unspecified atom stereocenters. The zero-order chi connectivity index (χ0) is 31.2. The number of carbonyl (C=O) groups is 2. The van der Waals surface area contributed by atoms with E-state index in [0.717, 1.165) is 37.1 Å². The monoisotopic (exact) mass is 617 g/mol. The smallest absolute Gasteiger partial charge is 0.325 e. The van der Waals surface area contributed by atoms with E-state index < -0.39 is 11.0 Å². The van der Waals surface area contributed by atoms with Gasteiger partial charge in [0.15, 0.2) is 0 Å². The maximum absolute atomic E-state index is 15.1. The quantitative estimate of drug-likeness (QED) is 0.259. The van der Waals surface area contributed by atoms with Crippen LogP contribution in [0.1, 0.15) is 57.6 Å². The number of piperidine rings is 2. The summed E-state index contributed by atoms with van der Waals surface area (Å²) in [5.74, 6) is 1.20. The molecule has 0 bridgehead atoms. The van der Waals surface area contributed by atoms with E-state index in [4.69, 9.17) is 21.1 Å². The van der Waals surface area contributed by atoms with Crippen LogP contribution >= 0.6 is 11.6 Å². The van der Waals surface area contributed by atoms with E-state index in [0.29, 0.717) is 55.6 Å². The Balaban J connectivity index is 1.45. The van der Waals surface area contributed by atoms with Gasteiger partial charge in [-0.2, -0.15) is 0 Å². The lowest BCUT2D eigenvalue weighted by Crippen LogP contribution is -2.60. The highest BCUT2D eigenvalue weighted by atomic mass is 35.5. The molecule has 2 aliphatic rings. The summed E-state index contributed by atoms with van der Waals surface area (Å²) in [5.41, 5.74) is 0.580. The molecule has 0 spiro atoms. The topological polar surface area (TPSA) is 71.1 Å². The zero-order valence-corrected chi connectivity index (χ0v) is 26.8. The average Bonchev–Trinajstić information content (AvgIpc) is 3.05. The van der Waals surface area contributed by atoms with Gasteiger partial charge in [0.1, 0.15) is 17.0 Å². The Labute approximate surface area is 266 Å². The fourth-order valence-electron chi connectivity index (χ4n) is 6.59. The number of carbonyl (C=O) groups excluding carboxylic acids is 2. The number of hydrogen-bond acceptors (Lipinski definition) is 6. The van der Waals surface area contributed by atoms with Gasteiger partial charge in [-0.3, -0.25) is 14.5 Å². The number of hydrogen-bond donors (Lipinski definition) is 1. The maximum atomic E-state index is 15.1. The van der Waals surface area contributed by atoms with Crippen molar-refractivity contribution in [2.75, 3.05) is 32.8 Å². The molecule has 3 aromatic carbocycles. The van der Waals surface area contributed by atoms with Crippen LogP contribution in [0.25, 0.3) is 0 Å². The Morgan fingerprint density at radius 1 is 0.977 bits per heavy atom. The number of benzene rings is 3. The van der Waals surface area contributed by atoms with E-state index >= 15 is 4.79 Å². The molecule has 0 saturated carbocycles. The first kappa shape index (κ1) is 32.0. The molecule has 0 aliphatic carbocycles. The van der Waals surface area contributed by atoms with Crippen LogP contribution < -0.4 is 10.1 Å². The van der Waals surface area contributed by atoms with Gasteiger partial charge in [-0.25, -0.2) is 0 Å². The lowest BCUT2D eigenvalue weighted by molar-refractivity contribution is -0.158. The molecular formula is C36H44ClN3O4. The number of likely N-dealkylation sites (tertiary alicyclic amines) is 1. The Kier molecular flexibility index (Phi) is 10.3. The molecule has 7 nitrogen and oxygen atoms in total. The molecule has 2 saturated heterocycles. The van der Waals surface area contributed by atoms with Gasteiger partial charge in [-0.15, -0.1) is 0 Å². The number of ether oxygens (including phenoxy) is 2. The molecule has 2 heterocycles. The predicted octanol–water partition coefficient (Wildman–Crippen LogP) is 6.59. The Morgan fingerprint density at radius 2 is 1.66 bits per heavy atom. The van der Waals surface area contributed by atoms with Crippen LogP contribution in [-0.4, -0.2) is 66.0 Å². The van der Waals surface area contributed by atoms with Crippen LogP contribution in [0.4, 0.5) is 0 Å². The normalized spacial score (nSPS) is 17.5. The largest absolute Gasteiger partial charge is 0.465 e. The van der Waals surface area contributed by atoms with E-state index in [2.05, 4.69) is 33.3 Å². The van der Waals surface area contributed by atoms with Crippen molar-refractivity contribution >= 4 is 23.5 Å². The highest BCUT2D eigenvalue weighted by Crippen LogP contribution is 2.41. The summed E-state index contributed by atoms with van der Waals surface area (Å²) < 4.78 is 11.5. The summed E-state index contributed by atoms with van der Waals surface area (Å²) in [6.07, 6.45) is 3.04. The van der Waals surface area contributed by atoms with Gasteiger partial charge in [0.05, 0.1) is 17.0 Å². The van der Waals surface area contributed by atoms with Crippen LogP contribution in [0.15, 0.2) is 78.9 Å². The third kappa shape index (κ3) is 6.96. The first-order chi connectivity index (χ1) is 21.2. The lowest BCUT2D eigenvalue weighted by Gasteiger charge is -2.48. The molecule has 0 atom stereocenters. The van der Waals surface area contributed by atoms with Gasteiger partial charge in [-0.05, 0) is 94.9 Å². The Bertz CT molecular complexity index is 1420. The molecule has 2 fully saturated rings. The van der Waals surface area contributed by atoms with Crippen molar-refractivity contribution in [1.82, 2.24) is 15.1 Å². The molecule has 2 aliphatic heterocycles. The van der Waals surface area contributed by atoms with Crippen LogP contribution in [0.5, 0.6) is 11.5 Å². The second-order valence-corrected chi connectivity index (χ2v) is 12.7. The van der Waals surface area contributed by atoms with Crippen LogP contribution in [0.2, 0.25) is 5.02 Å². The van der Waals surface area contributed by atoms with Crippen LogP contribution in [-0.2, 0) is 26.3 Å². The summed E-state index contributed by atoms with van der Waals surface area (Å²) in [4.78, 5) is 32.2. The first-order valence-electron chi connectivity index (χ1n) is 15.8. The molecule has 44 heavy (non-hydrogen) atoms. The molecule has 1 N–H and O–H groups in total. The maximum Gasteiger partial charge on any atom is 0.325 e. The number of esters is 1. The van der Waals surface area contributed by atoms with Gasteiger partial charge in [0.2, 0.25) is 5.91 Å². The van der Waals surface area contributed by atoms with E-state index in [1.54, 1.807) is 6.07 Å². The molecular weight excluding hydrogens is 574 g/mol. The SMILES string of the molecule is CCOC(=O)C(C)(C)N1CCC(C(=O)N(Cc2cccc(Oc3ccccc3Cl)c2)C2CCNCC2)(c2ccccc2)CC1. The molecule has 5 rings (SSSR count). The average molecular weight is 618 g/mol. The zero-order valence-electron chi connectivity index (χ0n) is 26.1. The minimum atomic E-state index is -0.765. The minimum Gasteiger partial charge on any atom is -0.465 e. The van der Waals surface area contributed by atoms with E-state index in [-0.39, 0.29) is 17.9 Å². The predicted molar refractivity (Wildman–Crippen MR) is 174 cm³/mol. The summed E-state index contributed by atoms with van der Waals surface area (Å²) in [6, 6.07) is 25.7. The van der Waals surface area contributed by atoms with Gasteiger partial charge in [0, 0.05) is 25.7 Å². The molecule has 3 aromatic rings. The fraction of sp³-hybridized carbons (Fsp3) is 0.444. The minimum absolute atomic E-state index is 0.117. The molecule has 1 amide bonds. The van der Waals surface area contributed by atoms with Gasteiger partial charge in [-0.1, -0.05) is 66.2 Å². The number of para-hydroxylation sites is 1. The number of rotatable bonds is 10. The number of halogens is 1. The third-order valence-corrected chi connectivity index (χ3v) is 9.56. The van der Waals surface area contributed by atoms with Crippen molar-refractivity contribution in [3.8, 4) is 11.5 Å². The molecule has 0 aromatic heterocycles. The molecule has 0 radical (unpaired) electrons. The van der Waals surface area contributed by atoms with E-state index in [9.17, 15) is 4.79 Å². The Hall–Kier alpha value is -3.39. The number of nitrogens with zero attached hydrogens (tertiary/aromatic N) is 2. The second-order valence-electron chi connectivity index (χ2n) is 12.3. The van der Waals surface area contributed by atoms with E-state index in [1.165, 1.54) is 0 Å². The summed E-state index contributed by atoms with van der Waals surface area (Å²) in [7, 11) is 0.